The first-order chi connectivity index (χ1) is 8.99. The van der Waals surface area contributed by atoms with Gasteiger partial charge in [-0.05, 0) is 43.4 Å². The fourth-order valence-electron chi connectivity index (χ4n) is 2.81. The van der Waals surface area contributed by atoms with Gasteiger partial charge in [0.25, 0.3) is 0 Å². The maximum absolute atomic E-state index is 13.5. The molecule has 2 unspecified atom stereocenters. The van der Waals surface area contributed by atoms with Crippen molar-refractivity contribution in [1.29, 1.82) is 0 Å². The van der Waals surface area contributed by atoms with Crippen LogP contribution in [0, 0.1) is 11.7 Å². The summed E-state index contributed by atoms with van der Waals surface area (Å²) in [5.41, 5.74) is 7.20. The molecule has 0 aliphatic heterocycles. The summed E-state index contributed by atoms with van der Waals surface area (Å²) in [4.78, 5) is 2.48. The van der Waals surface area contributed by atoms with Crippen molar-refractivity contribution < 1.29 is 4.39 Å². The highest BCUT2D eigenvalue weighted by molar-refractivity contribution is 5.22. The van der Waals surface area contributed by atoms with Crippen molar-refractivity contribution in [1.82, 2.24) is 4.90 Å². The lowest BCUT2D eigenvalue weighted by Gasteiger charge is -2.36. The summed E-state index contributed by atoms with van der Waals surface area (Å²) in [6.45, 7) is 7.48. The van der Waals surface area contributed by atoms with Gasteiger partial charge in [0.1, 0.15) is 5.82 Å². The Kier molecular flexibility index (Phi) is 4.58. The number of benzene rings is 1. The van der Waals surface area contributed by atoms with Crippen LogP contribution in [0.25, 0.3) is 0 Å². The summed E-state index contributed by atoms with van der Waals surface area (Å²) in [5.74, 6) is 0.416. The number of nitrogens with zero attached hydrogens (tertiary/aromatic N) is 1. The molecule has 0 bridgehead atoms. The lowest BCUT2D eigenvalue weighted by atomic mass is 9.97. The molecule has 1 aromatic carbocycles. The van der Waals surface area contributed by atoms with Gasteiger partial charge in [-0.1, -0.05) is 26.0 Å². The van der Waals surface area contributed by atoms with Gasteiger partial charge in [0.2, 0.25) is 0 Å². The van der Waals surface area contributed by atoms with Gasteiger partial charge >= 0.3 is 0 Å². The van der Waals surface area contributed by atoms with Crippen molar-refractivity contribution in [3.63, 3.8) is 0 Å². The second-order valence-corrected chi connectivity index (χ2v) is 6.18. The van der Waals surface area contributed by atoms with Crippen molar-refractivity contribution in [2.24, 2.45) is 11.7 Å². The molecule has 106 valence electrons. The molecular weight excluding hydrogens is 239 g/mol. The van der Waals surface area contributed by atoms with Crippen LogP contribution < -0.4 is 5.73 Å². The molecule has 0 heterocycles. The summed E-state index contributed by atoms with van der Waals surface area (Å²) in [6.07, 6.45) is 2.48. The largest absolute Gasteiger partial charge is 0.326 e. The van der Waals surface area contributed by atoms with Gasteiger partial charge in [-0.2, -0.15) is 0 Å². The topological polar surface area (TPSA) is 29.3 Å². The average Bonchev–Trinajstić information content (AvgIpc) is 3.10. The second-order valence-electron chi connectivity index (χ2n) is 6.18. The number of rotatable bonds is 6. The van der Waals surface area contributed by atoms with E-state index in [1.807, 2.05) is 13.0 Å². The molecule has 2 rings (SSSR count). The van der Waals surface area contributed by atoms with Crippen molar-refractivity contribution in [3.8, 4) is 0 Å². The molecule has 1 aliphatic rings. The molecule has 19 heavy (non-hydrogen) atoms. The van der Waals surface area contributed by atoms with E-state index in [2.05, 4.69) is 18.7 Å². The lowest BCUT2D eigenvalue weighted by molar-refractivity contribution is 0.147. The first-order valence-electron chi connectivity index (χ1n) is 7.26. The summed E-state index contributed by atoms with van der Waals surface area (Å²) >= 11 is 0. The van der Waals surface area contributed by atoms with Crippen LogP contribution in [0.15, 0.2) is 24.3 Å². The van der Waals surface area contributed by atoms with Crippen molar-refractivity contribution in [2.45, 2.75) is 51.7 Å². The molecule has 1 aliphatic carbocycles. The van der Waals surface area contributed by atoms with Gasteiger partial charge < -0.3 is 5.73 Å². The second kappa shape index (κ2) is 6.02. The smallest absolute Gasteiger partial charge is 0.123 e. The van der Waals surface area contributed by atoms with E-state index in [9.17, 15) is 4.39 Å². The Morgan fingerprint density at radius 3 is 2.47 bits per heavy atom. The maximum atomic E-state index is 13.5. The van der Waals surface area contributed by atoms with Gasteiger partial charge in [0, 0.05) is 18.6 Å². The van der Waals surface area contributed by atoms with Crippen LogP contribution >= 0.6 is 0 Å². The molecule has 0 amide bonds. The third-order valence-corrected chi connectivity index (χ3v) is 3.64. The van der Waals surface area contributed by atoms with Crippen molar-refractivity contribution >= 4 is 0 Å². The Labute approximate surface area is 115 Å². The highest BCUT2D eigenvalue weighted by Gasteiger charge is 2.36. The Balaban J connectivity index is 2.26. The van der Waals surface area contributed by atoms with E-state index >= 15 is 0 Å². The zero-order valence-corrected chi connectivity index (χ0v) is 12.1. The van der Waals surface area contributed by atoms with E-state index in [-0.39, 0.29) is 17.9 Å². The standard InChI is InChI=1S/C16H25FN2/c1-11(2)10-19(15-7-8-15)16(12(3)18)13-5-4-6-14(17)9-13/h4-6,9,11-12,15-16H,7-8,10,18H2,1-3H3. The lowest BCUT2D eigenvalue weighted by Crippen LogP contribution is -2.42. The number of hydrogen-bond acceptors (Lipinski definition) is 2. The van der Waals surface area contributed by atoms with Crippen molar-refractivity contribution in [2.75, 3.05) is 6.54 Å². The van der Waals surface area contributed by atoms with Crippen LogP contribution in [0.1, 0.15) is 45.2 Å². The first-order valence-corrected chi connectivity index (χ1v) is 7.26. The van der Waals surface area contributed by atoms with Crippen LogP contribution in [-0.2, 0) is 0 Å². The number of hydrogen-bond donors (Lipinski definition) is 1. The van der Waals surface area contributed by atoms with E-state index in [1.54, 1.807) is 12.1 Å². The van der Waals surface area contributed by atoms with E-state index in [4.69, 9.17) is 5.73 Å². The van der Waals surface area contributed by atoms with Crippen LogP contribution in [0.3, 0.4) is 0 Å². The van der Waals surface area contributed by atoms with E-state index in [0.717, 1.165) is 12.1 Å². The predicted octanol–water partition coefficient (Wildman–Crippen LogP) is 3.33. The van der Waals surface area contributed by atoms with Gasteiger partial charge in [-0.25, -0.2) is 4.39 Å². The molecule has 1 saturated carbocycles. The average molecular weight is 264 g/mol. The molecule has 3 heteroatoms. The highest BCUT2D eigenvalue weighted by Crippen LogP contribution is 2.36. The first kappa shape index (κ1) is 14.5. The van der Waals surface area contributed by atoms with Gasteiger partial charge in [0.05, 0.1) is 6.04 Å². The third kappa shape index (κ3) is 3.77. The molecule has 2 nitrogen and oxygen atoms in total. The summed E-state index contributed by atoms with van der Waals surface area (Å²) in [7, 11) is 0. The quantitative estimate of drug-likeness (QED) is 0.854. The molecule has 0 radical (unpaired) electrons. The highest BCUT2D eigenvalue weighted by atomic mass is 19.1. The van der Waals surface area contributed by atoms with Crippen LogP contribution in [0.2, 0.25) is 0 Å². The minimum Gasteiger partial charge on any atom is -0.326 e. The molecule has 1 aromatic rings. The SMILES string of the molecule is CC(C)CN(C1CC1)C(c1cccc(F)c1)C(C)N. The molecule has 0 aromatic heterocycles. The zero-order chi connectivity index (χ0) is 14.0. The van der Waals surface area contributed by atoms with E-state index < -0.39 is 0 Å². The van der Waals surface area contributed by atoms with E-state index in [1.165, 1.54) is 18.9 Å². The summed E-state index contributed by atoms with van der Waals surface area (Å²) in [6, 6.07) is 7.64. The molecule has 0 saturated heterocycles. The van der Waals surface area contributed by atoms with Crippen LogP contribution in [0.4, 0.5) is 4.39 Å². The number of nitrogens with two attached hydrogens (primary N) is 1. The fourth-order valence-corrected chi connectivity index (χ4v) is 2.81. The molecule has 1 fully saturated rings. The summed E-state index contributed by atoms with van der Waals surface area (Å²) in [5, 5.41) is 0. The summed E-state index contributed by atoms with van der Waals surface area (Å²) < 4.78 is 13.5. The molecule has 2 atom stereocenters. The monoisotopic (exact) mass is 264 g/mol. The zero-order valence-electron chi connectivity index (χ0n) is 12.1. The minimum atomic E-state index is -0.177. The predicted molar refractivity (Wildman–Crippen MR) is 77.4 cm³/mol. The Hall–Kier alpha value is -0.930. The molecule has 2 N–H and O–H groups in total. The third-order valence-electron chi connectivity index (χ3n) is 3.64. The fraction of sp³-hybridized carbons (Fsp3) is 0.625. The Morgan fingerprint density at radius 2 is 2.00 bits per heavy atom. The van der Waals surface area contributed by atoms with Crippen molar-refractivity contribution in [3.05, 3.63) is 35.6 Å². The van der Waals surface area contributed by atoms with Crippen LogP contribution in [0.5, 0.6) is 0 Å². The van der Waals surface area contributed by atoms with Crippen LogP contribution in [-0.4, -0.2) is 23.5 Å². The minimum absolute atomic E-state index is 0.00106. The Bertz CT molecular complexity index is 413. The van der Waals surface area contributed by atoms with Gasteiger partial charge in [-0.15, -0.1) is 0 Å². The Morgan fingerprint density at radius 1 is 1.32 bits per heavy atom. The number of halogens is 1. The molecular formula is C16H25FN2. The maximum Gasteiger partial charge on any atom is 0.123 e. The van der Waals surface area contributed by atoms with Gasteiger partial charge in [-0.3, -0.25) is 4.90 Å². The van der Waals surface area contributed by atoms with Gasteiger partial charge in [0.15, 0.2) is 0 Å². The van der Waals surface area contributed by atoms with E-state index in [0.29, 0.717) is 12.0 Å². The normalized spacial score (nSPS) is 18.9. The molecule has 0 spiro atoms.